The van der Waals surface area contributed by atoms with Gasteiger partial charge in [-0.1, -0.05) is 29.8 Å². The Morgan fingerprint density at radius 3 is 2.19 bits per heavy atom. The smallest absolute Gasteiger partial charge is 0.262 e. The summed E-state index contributed by atoms with van der Waals surface area (Å²) in [5.74, 6) is -0.327. The average Bonchev–Trinajstić information content (AvgIpc) is 2.85. The Morgan fingerprint density at radius 2 is 1.57 bits per heavy atom. The first-order valence-corrected chi connectivity index (χ1v) is 13.0. The summed E-state index contributed by atoms with van der Waals surface area (Å²) in [5, 5.41) is 3.02. The van der Waals surface area contributed by atoms with E-state index in [0.717, 1.165) is 21.0 Å². The quantitative estimate of drug-likeness (QED) is 0.380. The zero-order valence-electron chi connectivity index (χ0n) is 21.3. The molecule has 1 N–H and O–H groups in total. The Balaban J connectivity index is 1.62. The maximum Gasteiger partial charge on any atom is 0.262 e. The molecule has 37 heavy (non-hydrogen) atoms. The van der Waals surface area contributed by atoms with Crippen molar-refractivity contribution in [1.82, 2.24) is 4.31 Å². The number of fused-ring (bicyclic) bond motifs is 1. The number of nitrogens with one attached hydrogen (secondary N) is 1. The van der Waals surface area contributed by atoms with Crippen LogP contribution in [0.4, 0.5) is 5.69 Å². The molecule has 0 saturated heterocycles. The largest absolute Gasteiger partial charge is 0.476 e. The number of anilines is 1. The molecule has 192 valence electrons. The van der Waals surface area contributed by atoms with Crippen LogP contribution in [0, 0.1) is 20.8 Å². The number of rotatable bonds is 7. The van der Waals surface area contributed by atoms with Gasteiger partial charge >= 0.3 is 0 Å². The van der Waals surface area contributed by atoms with Gasteiger partial charge < -0.3 is 14.5 Å². The number of amides is 1. The average molecular weight is 521 g/mol. The number of carbonyl (C=O) groups excluding carboxylic acids is 1. The maximum absolute atomic E-state index is 13.4. The molecule has 0 aliphatic rings. The molecule has 0 unspecified atom stereocenters. The molecule has 0 atom stereocenters. The fourth-order valence-corrected chi connectivity index (χ4v) is 4.62. The standard InChI is InChI=1S/C28H28N2O6S/c1-17-6-8-20(9-7-17)27-28(26(32)23-14-18(2)19(3)15-24(23)36-27)35-16-25(31)29-21-10-12-22(13-11-21)37(33,34)30(4)5/h6-15H,16H2,1-5H3,(H,29,31). The highest BCUT2D eigenvalue weighted by Gasteiger charge is 2.20. The number of sulfonamides is 1. The molecule has 0 aliphatic heterocycles. The number of hydrogen-bond acceptors (Lipinski definition) is 6. The highest BCUT2D eigenvalue weighted by Crippen LogP contribution is 2.32. The van der Waals surface area contributed by atoms with Crippen LogP contribution in [-0.4, -0.2) is 39.3 Å². The van der Waals surface area contributed by atoms with Crippen LogP contribution in [-0.2, 0) is 14.8 Å². The lowest BCUT2D eigenvalue weighted by atomic mass is 10.0. The third-order valence-corrected chi connectivity index (χ3v) is 7.87. The Morgan fingerprint density at radius 1 is 0.946 bits per heavy atom. The number of carbonyl (C=O) groups is 1. The molecule has 0 bridgehead atoms. The molecule has 3 aromatic carbocycles. The third kappa shape index (κ3) is 5.42. The van der Waals surface area contributed by atoms with Gasteiger partial charge in [0.25, 0.3) is 5.91 Å². The third-order valence-electron chi connectivity index (χ3n) is 6.04. The first kappa shape index (κ1) is 26.1. The SMILES string of the molecule is Cc1ccc(-c2oc3cc(C)c(C)cc3c(=O)c2OCC(=O)Nc2ccc(S(=O)(=O)N(C)C)cc2)cc1. The van der Waals surface area contributed by atoms with Gasteiger partial charge in [-0.15, -0.1) is 0 Å². The molecule has 9 heteroatoms. The van der Waals surface area contributed by atoms with Crippen LogP contribution in [0.3, 0.4) is 0 Å². The minimum absolute atomic E-state index is 0.0535. The first-order chi connectivity index (χ1) is 17.5. The van der Waals surface area contributed by atoms with Gasteiger partial charge in [-0.3, -0.25) is 9.59 Å². The van der Waals surface area contributed by atoms with Crippen molar-refractivity contribution in [2.45, 2.75) is 25.7 Å². The second kappa shape index (κ2) is 10.2. The van der Waals surface area contributed by atoms with Gasteiger partial charge in [-0.05, 0) is 68.3 Å². The van der Waals surface area contributed by atoms with Crippen molar-refractivity contribution >= 4 is 32.6 Å². The summed E-state index contributed by atoms with van der Waals surface area (Å²) in [5.41, 5.74) is 4.08. The summed E-state index contributed by atoms with van der Waals surface area (Å²) in [6, 6.07) is 16.8. The predicted molar refractivity (Wildman–Crippen MR) is 144 cm³/mol. The molecular weight excluding hydrogens is 492 g/mol. The molecule has 8 nitrogen and oxygen atoms in total. The Kier molecular flexibility index (Phi) is 7.20. The highest BCUT2D eigenvalue weighted by atomic mass is 32.2. The molecule has 0 spiro atoms. The topological polar surface area (TPSA) is 106 Å². The molecule has 4 rings (SSSR count). The van der Waals surface area contributed by atoms with E-state index >= 15 is 0 Å². The molecular formula is C28H28N2O6S. The maximum atomic E-state index is 13.4. The Hall–Kier alpha value is -3.95. The van der Waals surface area contributed by atoms with Crippen LogP contribution < -0.4 is 15.5 Å². The van der Waals surface area contributed by atoms with Crippen molar-refractivity contribution in [2.24, 2.45) is 0 Å². The summed E-state index contributed by atoms with van der Waals surface area (Å²) in [6.07, 6.45) is 0. The molecule has 0 fully saturated rings. The lowest BCUT2D eigenvalue weighted by Crippen LogP contribution is -2.23. The van der Waals surface area contributed by atoms with Crippen molar-refractivity contribution in [3.8, 4) is 17.1 Å². The second-order valence-corrected chi connectivity index (χ2v) is 11.2. The fourth-order valence-electron chi connectivity index (χ4n) is 3.72. The van der Waals surface area contributed by atoms with Crippen LogP contribution >= 0.6 is 0 Å². The molecule has 1 amide bonds. The monoisotopic (exact) mass is 520 g/mol. The van der Waals surface area contributed by atoms with Crippen LogP contribution in [0.2, 0.25) is 0 Å². The zero-order chi connectivity index (χ0) is 26.9. The van der Waals surface area contributed by atoms with E-state index in [4.69, 9.17) is 9.15 Å². The van der Waals surface area contributed by atoms with Gasteiger partial charge in [0, 0.05) is 25.3 Å². The van der Waals surface area contributed by atoms with E-state index in [2.05, 4.69) is 5.32 Å². The fraction of sp³-hybridized carbons (Fsp3) is 0.214. The lowest BCUT2D eigenvalue weighted by molar-refractivity contribution is -0.118. The van der Waals surface area contributed by atoms with E-state index in [-0.39, 0.29) is 21.8 Å². The number of benzene rings is 3. The van der Waals surface area contributed by atoms with Gasteiger partial charge in [0.2, 0.25) is 21.2 Å². The van der Waals surface area contributed by atoms with Crippen LogP contribution in [0.15, 0.2) is 74.8 Å². The van der Waals surface area contributed by atoms with Crippen LogP contribution in [0.5, 0.6) is 5.75 Å². The normalized spacial score (nSPS) is 11.6. The van der Waals surface area contributed by atoms with Crippen LogP contribution in [0.25, 0.3) is 22.3 Å². The van der Waals surface area contributed by atoms with E-state index in [1.54, 1.807) is 6.07 Å². The van der Waals surface area contributed by atoms with E-state index in [9.17, 15) is 18.0 Å². The van der Waals surface area contributed by atoms with Gasteiger partial charge in [-0.25, -0.2) is 12.7 Å². The first-order valence-electron chi connectivity index (χ1n) is 11.6. The lowest BCUT2D eigenvalue weighted by Gasteiger charge is -2.14. The Bertz CT molecular complexity index is 1640. The summed E-state index contributed by atoms with van der Waals surface area (Å²) >= 11 is 0. The van der Waals surface area contributed by atoms with Crippen molar-refractivity contribution in [3.05, 3.63) is 87.6 Å². The molecule has 1 heterocycles. The Labute approximate surface area is 215 Å². The second-order valence-electron chi connectivity index (χ2n) is 9.04. The number of aryl methyl sites for hydroxylation is 3. The number of ether oxygens (including phenoxy) is 1. The molecule has 4 aromatic rings. The van der Waals surface area contributed by atoms with E-state index < -0.39 is 22.5 Å². The summed E-state index contributed by atoms with van der Waals surface area (Å²) in [4.78, 5) is 26.2. The minimum atomic E-state index is -3.58. The van der Waals surface area contributed by atoms with E-state index in [1.807, 2.05) is 51.1 Å². The predicted octanol–water partition coefficient (Wildman–Crippen LogP) is 4.65. The summed E-state index contributed by atoms with van der Waals surface area (Å²) in [7, 11) is -0.693. The molecule has 0 saturated carbocycles. The van der Waals surface area contributed by atoms with Gasteiger partial charge in [-0.2, -0.15) is 0 Å². The van der Waals surface area contributed by atoms with Gasteiger partial charge in [0.15, 0.2) is 12.4 Å². The number of hydrogen-bond donors (Lipinski definition) is 1. The van der Waals surface area contributed by atoms with Crippen molar-refractivity contribution in [3.63, 3.8) is 0 Å². The molecule has 0 radical (unpaired) electrons. The highest BCUT2D eigenvalue weighted by molar-refractivity contribution is 7.89. The van der Waals surface area contributed by atoms with Crippen molar-refractivity contribution in [2.75, 3.05) is 26.0 Å². The van der Waals surface area contributed by atoms with Gasteiger partial charge in [0.05, 0.1) is 10.3 Å². The van der Waals surface area contributed by atoms with Crippen molar-refractivity contribution in [1.29, 1.82) is 0 Å². The van der Waals surface area contributed by atoms with Crippen LogP contribution in [0.1, 0.15) is 16.7 Å². The van der Waals surface area contributed by atoms with E-state index in [0.29, 0.717) is 22.2 Å². The summed E-state index contributed by atoms with van der Waals surface area (Å²) in [6.45, 7) is 5.36. The summed E-state index contributed by atoms with van der Waals surface area (Å²) < 4.78 is 37.5. The van der Waals surface area contributed by atoms with Gasteiger partial charge in [0.1, 0.15) is 5.58 Å². The zero-order valence-corrected chi connectivity index (χ0v) is 22.1. The molecule has 0 aliphatic carbocycles. The minimum Gasteiger partial charge on any atom is -0.476 e. The van der Waals surface area contributed by atoms with E-state index in [1.165, 1.54) is 38.4 Å². The molecule has 1 aromatic heterocycles. The van der Waals surface area contributed by atoms with Crippen molar-refractivity contribution < 1.29 is 22.4 Å². The number of nitrogens with zero attached hydrogens (tertiary/aromatic N) is 1.